The molecule has 1 saturated heterocycles. The molecule has 0 radical (unpaired) electrons. The first-order valence-electron chi connectivity index (χ1n) is 10.4. The first-order chi connectivity index (χ1) is 15.0. The SMILES string of the molecule is CN(CCc1cnc[nH]1)C(=O)c1ccc(N2CCC(N(C(=O)O)C(C)(C)C)C2=O)c(F)c1. The molecule has 0 aliphatic carbocycles. The van der Waals surface area contributed by atoms with Gasteiger partial charge in [-0.1, -0.05) is 0 Å². The van der Waals surface area contributed by atoms with Crippen molar-refractivity contribution in [1.82, 2.24) is 19.8 Å². The van der Waals surface area contributed by atoms with Crippen molar-refractivity contribution in [2.75, 3.05) is 25.0 Å². The third kappa shape index (κ3) is 4.74. The van der Waals surface area contributed by atoms with Crippen LogP contribution in [-0.2, 0) is 11.2 Å². The predicted octanol–water partition coefficient (Wildman–Crippen LogP) is 2.75. The molecular weight excluding hydrogens is 417 g/mol. The molecule has 0 saturated carbocycles. The molecule has 2 heterocycles. The van der Waals surface area contributed by atoms with Crippen molar-refractivity contribution in [2.45, 2.75) is 45.2 Å². The number of nitrogens with one attached hydrogen (secondary N) is 1. The molecule has 10 heteroatoms. The number of aromatic amines is 1. The van der Waals surface area contributed by atoms with Gasteiger partial charge in [0.1, 0.15) is 11.9 Å². The molecule has 9 nitrogen and oxygen atoms in total. The number of carbonyl (C=O) groups is 3. The van der Waals surface area contributed by atoms with Crippen LogP contribution in [0.3, 0.4) is 0 Å². The molecule has 1 aliphatic heterocycles. The standard InChI is InChI=1S/C22H28FN5O4/c1-22(2,3)28(21(31)32)18-8-10-27(20(18)30)17-6-5-14(11-16(17)23)19(29)26(4)9-7-15-12-24-13-25-15/h5-6,11-13,18H,7-10H2,1-4H3,(H,24,25)(H,31,32). The number of benzene rings is 1. The fourth-order valence-corrected chi connectivity index (χ4v) is 3.92. The average molecular weight is 445 g/mol. The Morgan fingerprint density at radius 1 is 1.34 bits per heavy atom. The third-order valence-corrected chi connectivity index (χ3v) is 5.52. The number of halogens is 1. The lowest BCUT2D eigenvalue weighted by molar-refractivity contribution is -0.122. The van der Waals surface area contributed by atoms with E-state index in [9.17, 15) is 23.9 Å². The molecule has 32 heavy (non-hydrogen) atoms. The number of carbonyl (C=O) groups excluding carboxylic acids is 2. The Morgan fingerprint density at radius 2 is 2.06 bits per heavy atom. The van der Waals surface area contributed by atoms with E-state index in [4.69, 9.17) is 0 Å². The van der Waals surface area contributed by atoms with Gasteiger partial charge >= 0.3 is 6.09 Å². The molecular formula is C22H28FN5O4. The zero-order valence-corrected chi connectivity index (χ0v) is 18.6. The summed E-state index contributed by atoms with van der Waals surface area (Å²) in [4.78, 5) is 48.1. The minimum absolute atomic E-state index is 0.0356. The maximum atomic E-state index is 14.9. The van der Waals surface area contributed by atoms with Gasteiger partial charge in [0.2, 0.25) is 5.91 Å². The molecule has 1 atom stereocenters. The number of H-pyrrole nitrogens is 1. The zero-order chi connectivity index (χ0) is 23.6. The Labute approximate surface area is 185 Å². The largest absolute Gasteiger partial charge is 0.465 e. The monoisotopic (exact) mass is 445 g/mol. The molecule has 2 aromatic rings. The van der Waals surface area contributed by atoms with Gasteiger partial charge in [0.25, 0.3) is 5.91 Å². The first-order valence-corrected chi connectivity index (χ1v) is 10.4. The summed E-state index contributed by atoms with van der Waals surface area (Å²) in [5, 5.41) is 9.59. The average Bonchev–Trinajstić information content (AvgIpc) is 3.35. The van der Waals surface area contributed by atoms with Gasteiger partial charge < -0.3 is 19.9 Å². The van der Waals surface area contributed by atoms with E-state index in [1.807, 2.05) is 0 Å². The van der Waals surface area contributed by atoms with E-state index in [0.717, 1.165) is 16.7 Å². The van der Waals surface area contributed by atoms with Crippen molar-refractivity contribution in [3.63, 3.8) is 0 Å². The van der Waals surface area contributed by atoms with Crippen LogP contribution in [0.2, 0.25) is 0 Å². The molecule has 1 fully saturated rings. The summed E-state index contributed by atoms with van der Waals surface area (Å²) >= 11 is 0. The highest BCUT2D eigenvalue weighted by atomic mass is 19.1. The van der Waals surface area contributed by atoms with Crippen molar-refractivity contribution in [3.05, 3.63) is 47.8 Å². The van der Waals surface area contributed by atoms with Crippen LogP contribution in [0.5, 0.6) is 0 Å². The predicted molar refractivity (Wildman–Crippen MR) is 116 cm³/mol. The molecule has 1 aromatic heterocycles. The lowest BCUT2D eigenvalue weighted by Crippen LogP contribution is -2.54. The van der Waals surface area contributed by atoms with Crippen molar-refractivity contribution < 1.29 is 23.9 Å². The highest BCUT2D eigenvalue weighted by Crippen LogP contribution is 2.30. The number of hydrogen-bond acceptors (Lipinski definition) is 4. The second kappa shape index (κ2) is 8.97. The number of likely N-dealkylation sites (N-methyl/N-ethyl adjacent to an activating group) is 1. The summed E-state index contributed by atoms with van der Waals surface area (Å²) in [5.41, 5.74) is 0.313. The van der Waals surface area contributed by atoms with E-state index >= 15 is 0 Å². The molecule has 1 aromatic carbocycles. The van der Waals surface area contributed by atoms with E-state index in [2.05, 4.69) is 9.97 Å². The minimum Gasteiger partial charge on any atom is -0.465 e. The van der Waals surface area contributed by atoms with Crippen LogP contribution < -0.4 is 4.90 Å². The number of nitrogens with zero attached hydrogens (tertiary/aromatic N) is 4. The third-order valence-electron chi connectivity index (χ3n) is 5.52. The van der Waals surface area contributed by atoms with E-state index in [0.29, 0.717) is 13.0 Å². The Hall–Kier alpha value is -3.43. The van der Waals surface area contributed by atoms with Gasteiger partial charge in [-0.2, -0.15) is 0 Å². The summed E-state index contributed by atoms with van der Waals surface area (Å²) in [5.74, 6) is -1.52. The van der Waals surface area contributed by atoms with Crippen LogP contribution in [0.4, 0.5) is 14.9 Å². The number of carboxylic acid groups (broad SMARTS) is 1. The number of anilines is 1. The first kappa shape index (κ1) is 23.2. The van der Waals surface area contributed by atoms with Crippen LogP contribution in [0.25, 0.3) is 0 Å². The summed E-state index contributed by atoms with van der Waals surface area (Å²) < 4.78 is 14.9. The number of hydrogen-bond donors (Lipinski definition) is 2. The van der Waals surface area contributed by atoms with Gasteiger partial charge in [0.15, 0.2) is 0 Å². The fraction of sp³-hybridized carbons (Fsp3) is 0.455. The fourth-order valence-electron chi connectivity index (χ4n) is 3.92. The quantitative estimate of drug-likeness (QED) is 0.711. The van der Waals surface area contributed by atoms with Crippen LogP contribution >= 0.6 is 0 Å². The second-order valence-corrected chi connectivity index (χ2v) is 8.84. The minimum atomic E-state index is -1.20. The van der Waals surface area contributed by atoms with Gasteiger partial charge in [-0.3, -0.25) is 14.5 Å². The summed E-state index contributed by atoms with van der Waals surface area (Å²) in [7, 11) is 1.63. The van der Waals surface area contributed by atoms with E-state index in [1.54, 1.807) is 40.3 Å². The van der Waals surface area contributed by atoms with E-state index in [1.165, 1.54) is 21.9 Å². The van der Waals surface area contributed by atoms with Crippen LogP contribution in [0.15, 0.2) is 30.7 Å². The Bertz CT molecular complexity index is 1000. The maximum absolute atomic E-state index is 14.9. The number of rotatable bonds is 6. The van der Waals surface area contributed by atoms with Gasteiger partial charge in [0.05, 0.1) is 12.0 Å². The van der Waals surface area contributed by atoms with Crippen LogP contribution in [-0.4, -0.2) is 74.5 Å². The van der Waals surface area contributed by atoms with Crippen LogP contribution in [0.1, 0.15) is 43.2 Å². The number of amides is 3. The molecule has 1 aliphatic rings. The van der Waals surface area contributed by atoms with Crippen molar-refractivity contribution in [3.8, 4) is 0 Å². The lowest BCUT2D eigenvalue weighted by Gasteiger charge is -2.36. The normalized spacial score (nSPS) is 16.3. The Morgan fingerprint density at radius 3 is 2.62 bits per heavy atom. The molecule has 0 bridgehead atoms. The summed E-state index contributed by atoms with van der Waals surface area (Å²) in [6.07, 6.45) is 2.89. The number of imidazole rings is 1. The summed E-state index contributed by atoms with van der Waals surface area (Å²) in [6, 6.07) is 3.10. The molecule has 0 spiro atoms. The highest BCUT2D eigenvalue weighted by Gasteiger charge is 2.44. The molecule has 3 amide bonds. The molecule has 3 rings (SSSR count). The smallest absolute Gasteiger partial charge is 0.408 e. The second-order valence-electron chi connectivity index (χ2n) is 8.84. The Balaban J connectivity index is 1.73. The van der Waals surface area contributed by atoms with Gasteiger partial charge in [-0.15, -0.1) is 0 Å². The Kier molecular flexibility index (Phi) is 6.52. The lowest BCUT2D eigenvalue weighted by atomic mass is 10.0. The maximum Gasteiger partial charge on any atom is 0.408 e. The molecule has 2 N–H and O–H groups in total. The van der Waals surface area contributed by atoms with Gasteiger partial charge in [-0.05, 0) is 45.4 Å². The van der Waals surface area contributed by atoms with Crippen molar-refractivity contribution >= 4 is 23.6 Å². The van der Waals surface area contributed by atoms with Crippen LogP contribution in [0, 0.1) is 5.82 Å². The van der Waals surface area contributed by atoms with Crippen molar-refractivity contribution in [2.24, 2.45) is 0 Å². The molecule has 172 valence electrons. The highest BCUT2D eigenvalue weighted by molar-refractivity contribution is 6.01. The van der Waals surface area contributed by atoms with E-state index in [-0.39, 0.29) is 30.1 Å². The molecule has 1 unspecified atom stereocenters. The van der Waals surface area contributed by atoms with Gasteiger partial charge in [-0.25, -0.2) is 14.2 Å². The van der Waals surface area contributed by atoms with E-state index < -0.39 is 29.4 Å². The van der Waals surface area contributed by atoms with Gasteiger partial charge in [0, 0.05) is 49.6 Å². The van der Waals surface area contributed by atoms with Crippen molar-refractivity contribution in [1.29, 1.82) is 0 Å². The zero-order valence-electron chi connectivity index (χ0n) is 18.6. The summed E-state index contributed by atoms with van der Waals surface area (Å²) in [6.45, 7) is 5.74. The number of aromatic nitrogens is 2. The topological polar surface area (TPSA) is 110 Å².